The number of carbonyl (C=O) groups excluding carboxylic acids is 1. The van der Waals surface area contributed by atoms with Crippen molar-refractivity contribution in [2.75, 3.05) is 52.9 Å². The third kappa shape index (κ3) is 5.66. The fourth-order valence-electron chi connectivity index (χ4n) is 3.22. The molecule has 10 nitrogen and oxygen atoms in total. The van der Waals surface area contributed by atoms with E-state index in [2.05, 4.69) is 4.98 Å². The first-order chi connectivity index (χ1) is 15.8. The second-order valence-electron chi connectivity index (χ2n) is 7.27. The molecule has 12 heteroatoms. The zero-order valence-corrected chi connectivity index (χ0v) is 21.2. The summed E-state index contributed by atoms with van der Waals surface area (Å²) in [6.07, 6.45) is 0. The Hall–Kier alpha value is -3.15. The Kier molecular flexibility index (Phi) is 9.42. The molecular weight excluding hydrogens is 484 g/mol. The minimum absolute atomic E-state index is 0. The molecule has 0 aliphatic heterocycles. The maximum absolute atomic E-state index is 13.7. The fourth-order valence-corrected chi connectivity index (χ4v) is 4.23. The molecule has 0 N–H and O–H groups in total. The number of ether oxygens (including phenoxy) is 3. The third-order valence-corrected chi connectivity index (χ3v) is 5.89. The largest absolute Gasteiger partial charge is 0.493 e. The van der Waals surface area contributed by atoms with Crippen molar-refractivity contribution in [1.82, 2.24) is 9.88 Å². The first kappa shape index (κ1) is 27.1. The molecule has 0 spiro atoms. The zero-order valence-electron chi connectivity index (χ0n) is 19.6. The van der Waals surface area contributed by atoms with Gasteiger partial charge in [-0.15, -0.1) is 12.4 Å². The van der Waals surface area contributed by atoms with Crippen LogP contribution in [0, 0.1) is 10.1 Å². The second kappa shape index (κ2) is 11.8. The number of nitro groups is 1. The van der Waals surface area contributed by atoms with Crippen molar-refractivity contribution in [3.05, 3.63) is 46.0 Å². The van der Waals surface area contributed by atoms with Gasteiger partial charge in [-0.05, 0) is 33.2 Å². The number of aromatic nitrogens is 1. The van der Waals surface area contributed by atoms with Crippen molar-refractivity contribution >= 4 is 50.7 Å². The summed E-state index contributed by atoms with van der Waals surface area (Å²) in [6.45, 7) is 3.17. The number of nitro benzene ring substituents is 1. The van der Waals surface area contributed by atoms with E-state index in [4.69, 9.17) is 14.2 Å². The molecule has 3 aromatic rings. The fraction of sp³-hybridized carbons (Fsp3) is 0.364. The lowest BCUT2D eigenvalue weighted by atomic mass is 10.1. The van der Waals surface area contributed by atoms with Crippen LogP contribution in [-0.2, 0) is 0 Å². The summed E-state index contributed by atoms with van der Waals surface area (Å²) in [4.78, 5) is 32.9. The molecule has 0 unspecified atom stereocenters. The third-order valence-electron chi connectivity index (χ3n) is 4.85. The van der Waals surface area contributed by atoms with Gasteiger partial charge in [-0.1, -0.05) is 17.4 Å². The number of rotatable bonds is 10. The van der Waals surface area contributed by atoms with Crippen LogP contribution in [0.5, 0.6) is 17.2 Å². The highest BCUT2D eigenvalue weighted by Gasteiger charge is 2.30. The van der Waals surface area contributed by atoms with E-state index in [1.807, 2.05) is 44.1 Å². The van der Waals surface area contributed by atoms with E-state index in [1.54, 1.807) is 0 Å². The number of methoxy groups -OCH3 is 2. The monoisotopic (exact) mass is 510 g/mol. The number of amides is 1. The van der Waals surface area contributed by atoms with Gasteiger partial charge in [-0.3, -0.25) is 19.8 Å². The number of hydrogen-bond acceptors (Lipinski definition) is 9. The minimum Gasteiger partial charge on any atom is -0.493 e. The van der Waals surface area contributed by atoms with E-state index in [-0.39, 0.29) is 41.7 Å². The SMILES string of the molecule is CCOc1cccc2sc(N(CCN(C)C)C(=O)c3cc(OC)c(OC)cc3[N+](=O)[O-])nc12.Cl. The van der Waals surface area contributed by atoms with Crippen LogP contribution in [0.25, 0.3) is 10.2 Å². The molecule has 0 fully saturated rings. The van der Waals surface area contributed by atoms with Crippen LogP contribution in [0.1, 0.15) is 17.3 Å². The van der Waals surface area contributed by atoms with Crippen LogP contribution >= 0.6 is 23.7 Å². The van der Waals surface area contributed by atoms with E-state index in [1.165, 1.54) is 42.6 Å². The van der Waals surface area contributed by atoms with Crippen molar-refractivity contribution in [2.45, 2.75) is 6.92 Å². The first-order valence-electron chi connectivity index (χ1n) is 10.2. The predicted octanol–water partition coefficient (Wildman–Crippen LogP) is 4.25. The maximum atomic E-state index is 13.7. The number of fused-ring (bicyclic) bond motifs is 1. The van der Waals surface area contributed by atoms with Crippen LogP contribution in [0.2, 0.25) is 0 Å². The number of para-hydroxylation sites is 1. The molecule has 1 aromatic heterocycles. The zero-order chi connectivity index (χ0) is 24.1. The van der Waals surface area contributed by atoms with Crippen molar-refractivity contribution in [2.24, 2.45) is 0 Å². The molecule has 184 valence electrons. The average Bonchev–Trinajstić information content (AvgIpc) is 3.23. The smallest absolute Gasteiger partial charge is 0.286 e. The van der Waals surface area contributed by atoms with Gasteiger partial charge in [0.1, 0.15) is 16.8 Å². The standard InChI is InChI=1S/C22H26N4O6S.ClH/c1-6-32-16-8-7-9-19-20(16)23-22(33-19)25(11-10-24(2)3)21(27)14-12-17(30-4)18(31-5)13-15(14)26(28)29;/h7-9,12-13H,6,10-11H2,1-5H3;1H. The minimum atomic E-state index is -0.606. The summed E-state index contributed by atoms with van der Waals surface area (Å²) >= 11 is 1.32. The summed E-state index contributed by atoms with van der Waals surface area (Å²) in [5, 5.41) is 12.2. The van der Waals surface area contributed by atoms with Crippen LogP contribution in [0.4, 0.5) is 10.8 Å². The maximum Gasteiger partial charge on any atom is 0.286 e. The van der Waals surface area contributed by atoms with Crippen molar-refractivity contribution in [3.63, 3.8) is 0 Å². The lowest BCUT2D eigenvalue weighted by Crippen LogP contribution is -2.37. The Bertz CT molecular complexity index is 1170. The van der Waals surface area contributed by atoms with Crippen molar-refractivity contribution in [3.8, 4) is 17.2 Å². The highest BCUT2D eigenvalue weighted by atomic mass is 35.5. The number of thiazole rings is 1. The Morgan fingerprint density at radius 3 is 2.38 bits per heavy atom. The molecule has 0 aliphatic carbocycles. The van der Waals surface area contributed by atoms with E-state index in [0.29, 0.717) is 29.5 Å². The molecule has 1 heterocycles. The number of benzene rings is 2. The van der Waals surface area contributed by atoms with E-state index in [9.17, 15) is 14.9 Å². The number of halogens is 1. The van der Waals surface area contributed by atoms with E-state index in [0.717, 1.165) is 4.70 Å². The van der Waals surface area contributed by atoms with Crippen LogP contribution in [0.3, 0.4) is 0 Å². The van der Waals surface area contributed by atoms with Crippen molar-refractivity contribution < 1.29 is 23.9 Å². The number of likely N-dealkylation sites (N-methyl/N-ethyl adjacent to an activating group) is 1. The number of nitrogens with zero attached hydrogens (tertiary/aromatic N) is 4. The Morgan fingerprint density at radius 2 is 1.79 bits per heavy atom. The lowest BCUT2D eigenvalue weighted by molar-refractivity contribution is -0.385. The van der Waals surface area contributed by atoms with Crippen LogP contribution in [0.15, 0.2) is 30.3 Å². The molecule has 2 aromatic carbocycles. The number of anilines is 1. The summed E-state index contributed by atoms with van der Waals surface area (Å²) < 4.78 is 17.0. The van der Waals surface area contributed by atoms with Crippen LogP contribution < -0.4 is 19.1 Å². The molecule has 0 saturated heterocycles. The second-order valence-corrected chi connectivity index (χ2v) is 8.28. The molecule has 0 atom stereocenters. The molecule has 0 aliphatic rings. The summed E-state index contributed by atoms with van der Waals surface area (Å²) in [5.74, 6) is 0.458. The molecule has 1 amide bonds. The quantitative estimate of drug-likeness (QED) is 0.294. The van der Waals surface area contributed by atoms with Gasteiger partial charge >= 0.3 is 0 Å². The normalized spacial score (nSPS) is 10.6. The van der Waals surface area contributed by atoms with Crippen molar-refractivity contribution in [1.29, 1.82) is 0 Å². The Labute approximate surface area is 207 Å². The molecule has 0 bridgehead atoms. The average molecular weight is 511 g/mol. The first-order valence-corrected chi connectivity index (χ1v) is 11.0. The van der Waals surface area contributed by atoms with Gasteiger partial charge in [0.2, 0.25) is 0 Å². The summed E-state index contributed by atoms with van der Waals surface area (Å²) in [6, 6.07) is 8.11. The Morgan fingerprint density at radius 1 is 1.12 bits per heavy atom. The lowest BCUT2D eigenvalue weighted by Gasteiger charge is -2.22. The molecule has 34 heavy (non-hydrogen) atoms. The van der Waals surface area contributed by atoms with Gasteiger partial charge in [-0.2, -0.15) is 0 Å². The molecular formula is C22H27ClN4O6S. The molecule has 3 rings (SSSR count). The molecule has 0 saturated carbocycles. The number of carbonyl (C=O) groups is 1. The van der Waals surface area contributed by atoms with Gasteiger partial charge in [-0.25, -0.2) is 4.98 Å². The van der Waals surface area contributed by atoms with Gasteiger partial charge in [0.15, 0.2) is 16.6 Å². The topological polar surface area (TPSA) is 107 Å². The molecule has 0 radical (unpaired) electrons. The summed E-state index contributed by atoms with van der Waals surface area (Å²) in [7, 11) is 6.55. The van der Waals surface area contributed by atoms with E-state index < -0.39 is 10.8 Å². The van der Waals surface area contributed by atoms with E-state index >= 15 is 0 Å². The van der Waals surface area contributed by atoms with Gasteiger partial charge in [0.05, 0.1) is 36.5 Å². The predicted molar refractivity (Wildman–Crippen MR) is 134 cm³/mol. The van der Waals surface area contributed by atoms with Gasteiger partial charge in [0.25, 0.3) is 11.6 Å². The van der Waals surface area contributed by atoms with Crippen LogP contribution in [-0.4, -0.2) is 68.7 Å². The highest BCUT2D eigenvalue weighted by Crippen LogP contribution is 2.38. The highest BCUT2D eigenvalue weighted by molar-refractivity contribution is 7.22. The van der Waals surface area contributed by atoms with Gasteiger partial charge < -0.3 is 19.1 Å². The Balaban J connectivity index is 0.00000408. The number of hydrogen-bond donors (Lipinski definition) is 0. The van der Waals surface area contributed by atoms with Gasteiger partial charge in [0, 0.05) is 19.2 Å². The summed E-state index contributed by atoms with van der Waals surface area (Å²) in [5.41, 5.74) is 0.160.